The number of rotatable bonds is 3. The van der Waals surface area contributed by atoms with E-state index >= 15 is 0 Å². The molecule has 1 heterocycles. The summed E-state index contributed by atoms with van der Waals surface area (Å²) in [5.74, 6) is 5.76. The summed E-state index contributed by atoms with van der Waals surface area (Å²) in [5, 5.41) is 15.0. The van der Waals surface area contributed by atoms with Gasteiger partial charge in [0.05, 0.1) is 9.95 Å². The molecule has 0 saturated heterocycles. The lowest BCUT2D eigenvalue weighted by molar-refractivity contribution is -0.385. The zero-order chi connectivity index (χ0) is 12.3. The highest BCUT2D eigenvalue weighted by Gasteiger charge is 2.13. The van der Waals surface area contributed by atoms with Crippen LogP contribution in [-0.2, 0) is 0 Å². The third-order valence-corrected chi connectivity index (χ3v) is 1.78. The molecule has 8 nitrogen and oxygen atoms in total. The van der Waals surface area contributed by atoms with Gasteiger partial charge in [-0.3, -0.25) is 10.1 Å². The van der Waals surface area contributed by atoms with Crippen LogP contribution in [0.5, 0.6) is 0 Å². The van der Waals surface area contributed by atoms with Gasteiger partial charge < -0.3 is 5.73 Å². The molecule has 0 aliphatic rings. The molecule has 0 atom stereocenters. The van der Waals surface area contributed by atoms with Crippen molar-refractivity contribution in [1.29, 1.82) is 0 Å². The number of halogens is 1. The summed E-state index contributed by atoms with van der Waals surface area (Å²) in [5.41, 5.74) is 5.08. The first-order valence-corrected chi connectivity index (χ1v) is 4.45. The number of nitro groups is 1. The van der Waals surface area contributed by atoms with E-state index in [2.05, 4.69) is 10.1 Å². The van der Waals surface area contributed by atoms with Crippen molar-refractivity contribution in [2.75, 3.05) is 5.12 Å². The van der Waals surface area contributed by atoms with E-state index in [1.807, 2.05) is 0 Å². The molecule has 1 aromatic heterocycles. The maximum absolute atomic E-state index is 10.4. The summed E-state index contributed by atoms with van der Waals surface area (Å²) in [6.45, 7) is 1.53. The van der Waals surface area contributed by atoms with Crippen molar-refractivity contribution in [2.24, 2.45) is 16.7 Å². The minimum absolute atomic E-state index is 0.0155. The largest absolute Gasteiger partial charge is 0.386 e. The number of pyridine rings is 1. The molecule has 0 amide bonds. The van der Waals surface area contributed by atoms with Gasteiger partial charge in [0.25, 0.3) is 5.69 Å². The van der Waals surface area contributed by atoms with Gasteiger partial charge in [0.2, 0.25) is 0 Å². The average Bonchev–Trinajstić information content (AvgIpc) is 2.15. The molecule has 0 aromatic carbocycles. The van der Waals surface area contributed by atoms with Gasteiger partial charge in [-0.2, -0.15) is 5.12 Å². The van der Waals surface area contributed by atoms with Crippen LogP contribution in [0, 0.1) is 10.1 Å². The second-order valence-corrected chi connectivity index (χ2v) is 3.25. The average molecular weight is 245 g/mol. The van der Waals surface area contributed by atoms with E-state index in [9.17, 15) is 10.1 Å². The van der Waals surface area contributed by atoms with Gasteiger partial charge >= 0.3 is 0 Å². The Labute approximate surface area is 95.6 Å². The number of amidine groups is 1. The van der Waals surface area contributed by atoms with E-state index in [0.29, 0.717) is 0 Å². The summed E-state index contributed by atoms with van der Waals surface area (Å²) < 4.78 is 0. The number of aromatic nitrogens is 1. The van der Waals surface area contributed by atoms with Crippen molar-refractivity contribution >= 4 is 28.9 Å². The minimum atomic E-state index is -0.610. The third kappa shape index (κ3) is 2.78. The first-order chi connectivity index (χ1) is 7.41. The number of hydrogen-bond donors (Lipinski definition) is 2. The minimum Gasteiger partial charge on any atom is -0.386 e. The summed E-state index contributed by atoms with van der Waals surface area (Å²) in [4.78, 5) is 13.5. The molecule has 0 spiro atoms. The monoisotopic (exact) mass is 244 g/mol. The smallest absolute Gasteiger partial charge is 0.289 e. The zero-order valence-electron chi connectivity index (χ0n) is 8.29. The molecule has 0 unspecified atom stereocenters. The van der Waals surface area contributed by atoms with Crippen molar-refractivity contribution in [1.82, 2.24) is 4.98 Å². The zero-order valence-corrected chi connectivity index (χ0v) is 9.05. The highest BCUT2D eigenvalue weighted by molar-refractivity contribution is 6.33. The Kier molecular flexibility index (Phi) is 3.59. The number of hydrogen-bond acceptors (Lipinski definition) is 6. The Morgan fingerprint density at radius 1 is 1.75 bits per heavy atom. The van der Waals surface area contributed by atoms with E-state index in [1.165, 1.54) is 6.92 Å². The van der Waals surface area contributed by atoms with Crippen molar-refractivity contribution in [3.63, 3.8) is 0 Å². The summed E-state index contributed by atoms with van der Waals surface area (Å²) >= 11 is 5.75. The van der Waals surface area contributed by atoms with Crippen LogP contribution in [0.3, 0.4) is 0 Å². The first-order valence-electron chi connectivity index (χ1n) is 4.07. The fourth-order valence-electron chi connectivity index (χ4n) is 0.906. The van der Waals surface area contributed by atoms with Crippen molar-refractivity contribution < 1.29 is 4.92 Å². The lowest BCUT2D eigenvalue weighted by atomic mass is 10.4. The van der Waals surface area contributed by atoms with Crippen LogP contribution in [0.2, 0.25) is 5.02 Å². The number of nitrogens with zero attached hydrogens (tertiary/aromatic N) is 4. The predicted octanol–water partition coefficient (Wildman–Crippen LogP) is 0.615. The molecular formula is C7H9ClN6O2. The van der Waals surface area contributed by atoms with E-state index < -0.39 is 4.92 Å². The number of anilines is 1. The maximum atomic E-state index is 10.4. The van der Waals surface area contributed by atoms with Crippen molar-refractivity contribution in [2.45, 2.75) is 6.92 Å². The molecule has 0 aliphatic heterocycles. The molecule has 0 radical (unpaired) electrons. The quantitative estimate of drug-likeness (QED) is 0.264. The molecule has 1 aromatic rings. The van der Waals surface area contributed by atoms with Gasteiger partial charge in [0, 0.05) is 6.07 Å². The summed E-state index contributed by atoms with van der Waals surface area (Å²) in [6.07, 6.45) is 1.03. The highest BCUT2D eigenvalue weighted by atomic mass is 35.5. The molecule has 9 heteroatoms. The fourth-order valence-corrected chi connectivity index (χ4v) is 1.15. The van der Waals surface area contributed by atoms with Crippen LogP contribution in [0.15, 0.2) is 17.4 Å². The normalized spacial score (nSPS) is 11.3. The summed E-state index contributed by atoms with van der Waals surface area (Å²) in [6, 6.07) is 1.13. The van der Waals surface area contributed by atoms with Gasteiger partial charge in [-0.05, 0) is 6.92 Å². The summed E-state index contributed by atoms with van der Waals surface area (Å²) in [7, 11) is 0. The number of hydrazone groups is 1. The SMILES string of the molecule is C/C(N)=N/N(N)c1ncc([N+](=O)[O-])cc1Cl. The van der Waals surface area contributed by atoms with E-state index in [0.717, 1.165) is 17.4 Å². The molecule has 86 valence electrons. The molecule has 16 heavy (non-hydrogen) atoms. The highest BCUT2D eigenvalue weighted by Crippen LogP contribution is 2.25. The van der Waals surface area contributed by atoms with Crippen LogP contribution in [0.25, 0.3) is 0 Å². The van der Waals surface area contributed by atoms with E-state index in [4.69, 9.17) is 23.2 Å². The topological polar surface area (TPSA) is 124 Å². The Hall–Kier alpha value is -1.93. The third-order valence-electron chi connectivity index (χ3n) is 1.50. The van der Waals surface area contributed by atoms with Crippen LogP contribution in [0.4, 0.5) is 11.5 Å². The maximum Gasteiger partial charge on any atom is 0.289 e. The molecule has 0 bridgehead atoms. The number of hydrazine groups is 1. The van der Waals surface area contributed by atoms with Crippen LogP contribution < -0.4 is 16.7 Å². The van der Waals surface area contributed by atoms with Gasteiger partial charge in [-0.1, -0.05) is 11.6 Å². The molecule has 4 N–H and O–H groups in total. The second-order valence-electron chi connectivity index (χ2n) is 2.84. The van der Waals surface area contributed by atoms with Gasteiger partial charge in [0.1, 0.15) is 12.0 Å². The predicted molar refractivity (Wildman–Crippen MR) is 59.9 cm³/mol. The van der Waals surface area contributed by atoms with Crippen molar-refractivity contribution in [3.8, 4) is 0 Å². The standard InChI is InChI=1S/C7H9ClN6O2/c1-4(9)12-13(10)7-6(8)2-5(3-11-7)14(15)16/h2-3H,10H2,1H3,(H2,9,12). The fraction of sp³-hybridized carbons (Fsp3) is 0.143. The Morgan fingerprint density at radius 3 is 2.81 bits per heavy atom. The van der Waals surface area contributed by atoms with Crippen molar-refractivity contribution in [3.05, 3.63) is 27.4 Å². The van der Waals surface area contributed by atoms with Gasteiger partial charge in [-0.25, -0.2) is 10.8 Å². The van der Waals surface area contributed by atoms with Crippen LogP contribution in [0.1, 0.15) is 6.92 Å². The molecule has 0 aliphatic carbocycles. The molecule has 0 fully saturated rings. The Bertz CT molecular complexity index is 445. The van der Waals surface area contributed by atoms with E-state index in [1.54, 1.807) is 0 Å². The molecular weight excluding hydrogens is 236 g/mol. The van der Waals surface area contributed by atoms with Gasteiger partial charge in [-0.15, -0.1) is 5.10 Å². The number of nitrogens with two attached hydrogens (primary N) is 2. The second kappa shape index (κ2) is 4.73. The van der Waals surface area contributed by atoms with Gasteiger partial charge in [0.15, 0.2) is 5.82 Å². The first kappa shape index (κ1) is 12.1. The molecule has 1 rings (SSSR count). The van der Waals surface area contributed by atoms with Crippen LogP contribution in [-0.4, -0.2) is 15.7 Å². The molecule has 0 saturated carbocycles. The Balaban J connectivity index is 3.08. The van der Waals surface area contributed by atoms with Crippen LogP contribution >= 0.6 is 11.6 Å². The Morgan fingerprint density at radius 2 is 2.38 bits per heavy atom. The lowest BCUT2D eigenvalue weighted by Gasteiger charge is -2.12. The van der Waals surface area contributed by atoms with E-state index in [-0.39, 0.29) is 22.4 Å². The lowest BCUT2D eigenvalue weighted by Crippen LogP contribution is -2.28.